The van der Waals surface area contributed by atoms with Crippen molar-refractivity contribution in [2.75, 3.05) is 13.2 Å². The van der Waals surface area contributed by atoms with Gasteiger partial charge in [-0.3, -0.25) is 0 Å². The average Bonchev–Trinajstić information content (AvgIpc) is 2.74. The monoisotopic (exact) mass is 384 g/mol. The molecule has 2 nitrogen and oxygen atoms in total. The second kappa shape index (κ2) is 12.1. The van der Waals surface area contributed by atoms with Crippen LogP contribution in [0.1, 0.15) is 64.4 Å². The first kappa shape index (κ1) is 21.9. The Hall–Kier alpha value is -1.42. The molecule has 0 N–H and O–H groups in total. The van der Waals surface area contributed by atoms with Crippen LogP contribution in [0.5, 0.6) is 0 Å². The highest BCUT2D eigenvalue weighted by Crippen LogP contribution is 2.30. The average molecular weight is 385 g/mol. The maximum atomic E-state index is 6.55. The Kier molecular flexibility index (Phi) is 9.82. The minimum Gasteiger partial charge on any atom is -0.391 e. The van der Waals surface area contributed by atoms with Gasteiger partial charge in [-0.15, -0.1) is 0 Å². The van der Waals surface area contributed by atoms with Gasteiger partial charge in [0.05, 0.1) is 0 Å². The van der Waals surface area contributed by atoms with Crippen molar-refractivity contribution in [3.8, 4) is 0 Å². The summed E-state index contributed by atoms with van der Waals surface area (Å²) in [6, 6.07) is 22.7. The first-order valence-corrected chi connectivity index (χ1v) is 12.7. The Bertz CT molecular complexity index is 607. The van der Waals surface area contributed by atoms with E-state index in [-0.39, 0.29) is 0 Å². The van der Waals surface area contributed by atoms with E-state index in [0.29, 0.717) is 5.92 Å². The summed E-state index contributed by atoms with van der Waals surface area (Å²) in [5.74, 6) is 0.572. The van der Waals surface area contributed by atoms with Gasteiger partial charge in [-0.25, -0.2) is 0 Å². The van der Waals surface area contributed by atoms with Gasteiger partial charge in [-0.2, -0.15) is 0 Å². The molecule has 0 amide bonds. The minimum atomic E-state index is -2.44. The molecule has 1 unspecified atom stereocenters. The molecule has 0 spiro atoms. The maximum absolute atomic E-state index is 6.55. The second-order valence-electron chi connectivity index (χ2n) is 7.25. The number of hydrogen-bond donors (Lipinski definition) is 0. The van der Waals surface area contributed by atoms with Gasteiger partial charge in [0.25, 0.3) is 0 Å². The van der Waals surface area contributed by atoms with Crippen molar-refractivity contribution >= 4 is 13.7 Å². The van der Waals surface area contributed by atoms with E-state index in [4.69, 9.17) is 8.85 Å². The second-order valence-corrected chi connectivity index (χ2v) is 10.4. The lowest BCUT2D eigenvalue weighted by atomic mass is 9.92. The molecule has 27 heavy (non-hydrogen) atoms. The third kappa shape index (κ3) is 6.60. The molecule has 2 aromatic rings. The van der Waals surface area contributed by atoms with E-state index in [9.17, 15) is 0 Å². The van der Waals surface area contributed by atoms with E-state index >= 15 is 0 Å². The molecule has 0 heterocycles. The molecule has 0 aliphatic rings. The summed E-state index contributed by atoms with van der Waals surface area (Å²) in [5.41, 5.74) is 1.45. The molecule has 0 aliphatic carbocycles. The van der Waals surface area contributed by atoms with Crippen molar-refractivity contribution in [2.24, 2.45) is 0 Å². The smallest absolute Gasteiger partial charge is 0.372 e. The highest BCUT2D eigenvalue weighted by Gasteiger charge is 2.40. The molecule has 0 bridgehead atoms. The maximum Gasteiger partial charge on any atom is 0.372 e. The summed E-state index contributed by atoms with van der Waals surface area (Å²) >= 11 is 0. The van der Waals surface area contributed by atoms with Crippen LogP contribution in [-0.4, -0.2) is 21.8 Å². The Balaban J connectivity index is 2.25. The highest BCUT2D eigenvalue weighted by molar-refractivity contribution is 6.81. The van der Waals surface area contributed by atoms with Gasteiger partial charge in [0.1, 0.15) is 0 Å². The topological polar surface area (TPSA) is 18.5 Å². The molecule has 1 atom stereocenters. The summed E-state index contributed by atoms with van der Waals surface area (Å²) in [7, 11) is -2.44. The normalized spacial score (nSPS) is 12.9. The summed E-state index contributed by atoms with van der Waals surface area (Å²) in [6.07, 6.45) is 5.57. The predicted molar refractivity (Wildman–Crippen MR) is 118 cm³/mol. The van der Waals surface area contributed by atoms with Crippen LogP contribution in [0.2, 0.25) is 6.04 Å². The van der Waals surface area contributed by atoms with Crippen molar-refractivity contribution in [3.05, 3.63) is 66.2 Å². The summed E-state index contributed by atoms with van der Waals surface area (Å²) in [5, 5.41) is 1.27. The van der Waals surface area contributed by atoms with Crippen molar-refractivity contribution in [3.63, 3.8) is 0 Å². The van der Waals surface area contributed by atoms with Gasteiger partial charge in [0, 0.05) is 13.2 Å². The molecule has 0 aliphatic heterocycles. The van der Waals surface area contributed by atoms with Crippen LogP contribution < -0.4 is 5.19 Å². The lowest BCUT2D eigenvalue weighted by Crippen LogP contribution is -2.54. The summed E-state index contributed by atoms with van der Waals surface area (Å²) < 4.78 is 13.1. The fourth-order valence-electron chi connectivity index (χ4n) is 3.64. The predicted octanol–water partition coefficient (Wildman–Crippen LogP) is 6.16. The number of benzene rings is 2. The van der Waals surface area contributed by atoms with Crippen LogP contribution in [0, 0.1) is 0 Å². The Morgan fingerprint density at radius 1 is 0.704 bits per heavy atom. The molecule has 0 aromatic heterocycles. The lowest BCUT2D eigenvalue weighted by Gasteiger charge is -2.32. The quantitative estimate of drug-likeness (QED) is 0.385. The van der Waals surface area contributed by atoms with E-state index in [0.717, 1.165) is 38.5 Å². The molecule has 3 heteroatoms. The van der Waals surface area contributed by atoms with E-state index in [2.05, 4.69) is 81.4 Å². The number of hydrogen-bond acceptors (Lipinski definition) is 2. The van der Waals surface area contributed by atoms with Gasteiger partial charge in [-0.05, 0) is 48.4 Å². The molecular weight excluding hydrogens is 348 g/mol. The lowest BCUT2D eigenvalue weighted by molar-refractivity contribution is 0.178. The molecule has 0 radical (unpaired) electrons. The van der Waals surface area contributed by atoms with Crippen molar-refractivity contribution in [1.82, 2.24) is 0 Å². The third-order valence-corrected chi connectivity index (χ3v) is 8.52. The van der Waals surface area contributed by atoms with Crippen LogP contribution in [0.3, 0.4) is 0 Å². The molecule has 2 aromatic carbocycles. The van der Waals surface area contributed by atoms with Crippen LogP contribution >= 0.6 is 0 Å². The first-order valence-electron chi connectivity index (χ1n) is 10.6. The number of rotatable bonds is 13. The molecule has 0 saturated heterocycles. The molecule has 2 rings (SSSR count). The third-order valence-electron chi connectivity index (χ3n) is 5.02. The fourth-order valence-corrected chi connectivity index (χ4v) is 7.13. The van der Waals surface area contributed by atoms with E-state index in [1.165, 1.54) is 23.6 Å². The Labute approximate surface area is 167 Å². The van der Waals surface area contributed by atoms with Crippen LogP contribution in [0.25, 0.3) is 0 Å². The zero-order valence-corrected chi connectivity index (χ0v) is 18.3. The van der Waals surface area contributed by atoms with Gasteiger partial charge in [-0.1, -0.05) is 87.9 Å². The van der Waals surface area contributed by atoms with Gasteiger partial charge >= 0.3 is 8.56 Å². The summed E-state index contributed by atoms with van der Waals surface area (Å²) in [6.45, 7) is 8.17. The SMILES string of the molecule is CCCO[Si](CCC(CCC)c1ccccc1)(OCCC)c1ccccc1. The Morgan fingerprint density at radius 3 is 1.78 bits per heavy atom. The van der Waals surface area contributed by atoms with Gasteiger partial charge < -0.3 is 8.85 Å². The molecular formula is C24H36O2Si. The van der Waals surface area contributed by atoms with E-state index < -0.39 is 8.56 Å². The van der Waals surface area contributed by atoms with Gasteiger partial charge in [0.2, 0.25) is 0 Å². The zero-order chi connectivity index (χ0) is 19.4. The van der Waals surface area contributed by atoms with Crippen LogP contribution in [0.15, 0.2) is 60.7 Å². The van der Waals surface area contributed by atoms with Crippen LogP contribution in [-0.2, 0) is 8.85 Å². The molecule has 0 fully saturated rings. The highest BCUT2D eigenvalue weighted by atomic mass is 28.4. The van der Waals surface area contributed by atoms with Crippen molar-refractivity contribution in [2.45, 2.75) is 64.8 Å². The molecule has 148 valence electrons. The first-order chi connectivity index (χ1) is 13.3. The van der Waals surface area contributed by atoms with Crippen LogP contribution in [0.4, 0.5) is 0 Å². The van der Waals surface area contributed by atoms with E-state index in [1.54, 1.807) is 0 Å². The van der Waals surface area contributed by atoms with E-state index in [1.807, 2.05) is 0 Å². The molecule has 0 saturated carbocycles. The fraction of sp³-hybridized carbons (Fsp3) is 0.500. The largest absolute Gasteiger partial charge is 0.391 e. The zero-order valence-electron chi connectivity index (χ0n) is 17.3. The minimum absolute atomic E-state index is 0.572. The van der Waals surface area contributed by atoms with Crippen molar-refractivity contribution in [1.29, 1.82) is 0 Å². The van der Waals surface area contributed by atoms with Gasteiger partial charge in [0.15, 0.2) is 0 Å². The Morgan fingerprint density at radius 2 is 1.26 bits per heavy atom. The standard InChI is InChI=1S/C24H36O2Si/c1-4-13-22(23-14-9-7-10-15-23)18-21-27(25-19-5-2,26-20-6-3)24-16-11-8-12-17-24/h7-12,14-17,22H,4-6,13,18-21H2,1-3H3. The summed E-state index contributed by atoms with van der Waals surface area (Å²) in [4.78, 5) is 0. The van der Waals surface area contributed by atoms with Crippen molar-refractivity contribution < 1.29 is 8.85 Å².